The molecule has 2 rings (SSSR count). The Labute approximate surface area is 107 Å². The van der Waals surface area contributed by atoms with Crippen LogP contribution in [0.4, 0.5) is 19.0 Å². The summed E-state index contributed by atoms with van der Waals surface area (Å²) >= 11 is 4.82. The number of thiocarbonyl (C=S) groups is 1. The molecule has 2 N–H and O–H groups in total. The number of nitrogens with zero attached hydrogens (tertiary/aromatic N) is 3. The van der Waals surface area contributed by atoms with E-state index in [-0.39, 0.29) is 16.8 Å². The van der Waals surface area contributed by atoms with Gasteiger partial charge < -0.3 is 10.6 Å². The summed E-state index contributed by atoms with van der Waals surface area (Å²) in [6, 6.07) is 1.33. The van der Waals surface area contributed by atoms with Crippen LogP contribution in [0.3, 0.4) is 0 Å². The van der Waals surface area contributed by atoms with Crippen LogP contribution in [0.25, 0.3) is 0 Å². The summed E-state index contributed by atoms with van der Waals surface area (Å²) in [6.07, 6.45) is -1.52. The van der Waals surface area contributed by atoms with E-state index in [9.17, 15) is 13.2 Å². The molecule has 0 unspecified atom stereocenters. The van der Waals surface area contributed by atoms with Crippen LogP contribution in [0, 0.1) is 0 Å². The normalized spacial score (nSPS) is 15.5. The number of hydrogen-bond acceptors (Lipinski definition) is 4. The van der Waals surface area contributed by atoms with Crippen molar-refractivity contribution in [3.8, 4) is 0 Å². The van der Waals surface area contributed by atoms with Crippen molar-refractivity contribution in [2.45, 2.75) is 25.1 Å². The van der Waals surface area contributed by atoms with Gasteiger partial charge in [-0.2, -0.15) is 18.3 Å². The number of nitrogens with two attached hydrogens (primary N) is 1. The van der Waals surface area contributed by atoms with Crippen LogP contribution in [0.2, 0.25) is 0 Å². The molecule has 18 heavy (non-hydrogen) atoms. The van der Waals surface area contributed by atoms with Crippen molar-refractivity contribution in [1.29, 1.82) is 0 Å². The molecule has 0 saturated heterocycles. The Morgan fingerprint density at radius 3 is 2.67 bits per heavy atom. The molecule has 0 aromatic carbocycles. The third-order valence-corrected chi connectivity index (χ3v) is 2.80. The minimum absolute atomic E-state index is 0.0210. The fourth-order valence-corrected chi connectivity index (χ4v) is 1.84. The largest absolute Gasteiger partial charge is 0.405 e. The molecule has 8 heteroatoms. The van der Waals surface area contributed by atoms with Crippen LogP contribution in [0.15, 0.2) is 12.3 Å². The molecule has 1 aromatic rings. The Bertz CT molecular complexity index is 459. The maximum absolute atomic E-state index is 12.6. The molecule has 1 aromatic heterocycles. The first-order valence-corrected chi connectivity index (χ1v) is 5.74. The van der Waals surface area contributed by atoms with Gasteiger partial charge in [0.05, 0.1) is 11.8 Å². The standard InChI is InChI=1S/C10H11F3N4S/c11-10(12,13)5-17(6-1-2-6)9-7(8(14)18)3-4-15-16-9/h3-4,6H,1-2,5H2,(H2,14,18). The van der Waals surface area contributed by atoms with E-state index < -0.39 is 12.7 Å². The molecule has 1 saturated carbocycles. The predicted molar refractivity (Wildman–Crippen MR) is 64.3 cm³/mol. The molecule has 4 nitrogen and oxygen atoms in total. The van der Waals surface area contributed by atoms with Crippen molar-refractivity contribution in [1.82, 2.24) is 10.2 Å². The summed E-state index contributed by atoms with van der Waals surface area (Å²) in [6.45, 7) is -1.06. The van der Waals surface area contributed by atoms with Crippen molar-refractivity contribution in [3.63, 3.8) is 0 Å². The highest BCUT2D eigenvalue weighted by Crippen LogP contribution is 2.34. The van der Waals surface area contributed by atoms with E-state index in [4.69, 9.17) is 18.0 Å². The van der Waals surface area contributed by atoms with Gasteiger partial charge in [-0.15, -0.1) is 5.10 Å². The molecule has 1 fully saturated rings. The number of anilines is 1. The fraction of sp³-hybridized carbons (Fsp3) is 0.500. The number of halogens is 3. The van der Waals surface area contributed by atoms with Crippen LogP contribution in [-0.4, -0.2) is 33.9 Å². The summed E-state index contributed by atoms with van der Waals surface area (Å²) in [4.78, 5) is 1.20. The second-order valence-corrected chi connectivity index (χ2v) is 4.55. The molecule has 1 aliphatic rings. The van der Waals surface area contributed by atoms with E-state index in [1.165, 1.54) is 17.2 Å². The third kappa shape index (κ3) is 3.06. The molecule has 98 valence electrons. The molecule has 0 amide bonds. The monoisotopic (exact) mass is 276 g/mol. The Morgan fingerprint density at radius 1 is 1.50 bits per heavy atom. The van der Waals surface area contributed by atoms with E-state index in [1.54, 1.807) is 0 Å². The molecular formula is C10H11F3N4S. The Morgan fingerprint density at radius 2 is 2.17 bits per heavy atom. The smallest absolute Gasteiger partial charge is 0.389 e. The van der Waals surface area contributed by atoms with E-state index in [2.05, 4.69) is 10.2 Å². The highest BCUT2D eigenvalue weighted by molar-refractivity contribution is 7.80. The first-order chi connectivity index (χ1) is 8.38. The summed E-state index contributed by atoms with van der Waals surface area (Å²) in [7, 11) is 0. The van der Waals surface area contributed by atoms with Gasteiger partial charge in [-0.05, 0) is 18.9 Å². The minimum atomic E-state index is -4.30. The average Bonchev–Trinajstić information content (AvgIpc) is 3.08. The lowest BCUT2D eigenvalue weighted by atomic mass is 10.2. The minimum Gasteiger partial charge on any atom is -0.389 e. The van der Waals surface area contributed by atoms with Gasteiger partial charge in [-0.25, -0.2) is 0 Å². The zero-order valence-corrected chi connectivity index (χ0v) is 10.1. The van der Waals surface area contributed by atoms with Crippen molar-refractivity contribution >= 4 is 23.0 Å². The number of alkyl halides is 3. The van der Waals surface area contributed by atoms with Crippen LogP contribution < -0.4 is 10.6 Å². The summed E-state index contributed by atoms with van der Waals surface area (Å²) in [5.41, 5.74) is 5.82. The SMILES string of the molecule is NC(=S)c1ccnnc1N(CC(F)(F)F)C1CC1. The van der Waals surface area contributed by atoms with E-state index >= 15 is 0 Å². The maximum atomic E-state index is 12.6. The lowest BCUT2D eigenvalue weighted by Crippen LogP contribution is -2.38. The fourth-order valence-electron chi connectivity index (χ4n) is 1.69. The molecule has 1 aliphatic carbocycles. The second kappa shape index (κ2) is 4.68. The number of aromatic nitrogens is 2. The summed E-state index contributed by atoms with van der Waals surface area (Å²) in [5.74, 6) is 0.116. The van der Waals surface area contributed by atoms with Crippen LogP contribution in [0.5, 0.6) is 0 Å². The van der Waals surface area contributed by atoms with Gasteiger partial charge in [0.2, 0.25) is 0 Å². The molecule has 0 aliphatic heterocycles. The highest BCUT2D eigenvalue weighted by atomic mass is 32.1. The van der Waals surface area contributed by atoms with Gasteiger partial charge in [0.15, 0.2) is 5.82 Å². The Kier molecular flexibility index (Phi) is 3.38. The highest BCUT2D eigenvalue weighted by Gasteiger charge is 2.39. The average molecular weight is 276 g/mol. The lowest BCUT2D eigenvalue weighted by molar-refractivity contribution is -0.120. The number of rotatable bonds is 4. The molecule has 1 heterocycles. The topological polar surface area (TPSA) is 55.0 Å². The van der Waals surface area contributed by atoms with E-state index in [0.29, 0.717) is 18.4 Å². The third-order valence-electron chi connectivity index (χ3n) is 2.58. The van der Waals surface area contributed by atoms with Crippen molar-refractivity contribution in [3.05, 3.63) is 17.8 Å². The van der Waals surface area contributed by atoms with E-state index in [0.717, 1.165) is 0 Å². The predicted octanol–water partition coefficient (Wildman–Crippen LogP) is 1.64. The first kappa shape index (κ1) is 13.0. The number of hydrogen-bond donors (Lipinski definition) is 1. The van der Waals surface area contributed by atoms with Crippen molar-refractivity contribution < 1.29 is 13.2 Å². The van der Waals surface area contributed by atoms with E-state index in [1.807, 2.05) is 0 Å². The Balaban J connectivity index is 2.33. The van der Waals surface area contributed by atoms with Gasteiger partial charge in [-0.1, -0.05) is 12.2 Å². The maximum Gasteiger partial charge on any atom is 0.405 e. The molecule has 0 spiro atoms. The van der Waals surface area contributed by atoms with Gasteiger partial charge >= 0.3 is 6.18 Å². The zero-order valence-electron chi connectivity index (χ0n) is 9.31. The van der Waals surface area contributed by atoms with Gasteiger partial charge in [0.1, 0.15) is 11.5 Å². The zero-order chi connectivity index (χ0) is 13.3. The first-order valence-electron chi connectivity index (χ1n) is 5.33. The van der Waals surface area contributed by atoms with Gasteiger partial charge in [-0.3, -0.25) is 0 Å². The Hall–Kier alpha value is -1.44. The molecular weight excluding hydrogens is 265 g/mol. The van der Waals surface area contributed by atoms with Gasteiger partial charge in [0.25, 0.3) is 0 Å². The van der Waals surface area contributed by atoms with Crippen LogP contribution in [0.1, 0.15) is 18.4 Å². The molecule has 0 atom stereocenters. The summed E-state index contributed by atoms with van der Waals surface area (Å²) in [5, 5.41) is 7.37. The van der Waals surface area contributed by atoms with Gasteiger partial charge in [0, 0.05) is 6.04 Å². The molecule has 0 bridgehead atoms. The van der Waals surface area contributed by atoms with Crippen LogP contribution >= 0.6 is 12.2 Å². The van der Waals surface area contributed by atoms with Crippen LogP contribution in [-0.2, 0) is 0 Å². The lowest BCUT2D eigenvalue weighted by Gasteiger charge is -2.25. The van der Waals surface area contributed by atoms with Crippen molar-refractivity contribution in [2.75, 3.05) is 11.4 Å². The molecule has 0 radical (unpaired) electrons. The second-order valence-electron chi connectivity index (χ2n) is 4.11. The summed E-state index contributed by atoms with van der Waals surface area (Å²) < 4.78 is 37.7. The quantitative estimate of drug-likeness (QED) is 0.847. The van der Waals surface area contributed by atoms with Crippen molar-refractivity contribution in [2.24, 2.45) is 5.73 Å².